The Morgan fingerprint density at radius 2 is 1.04 bits per heavy atom. The van der Waals surface area contributed by atoms with Crippen LogP contribution in [0.4, 0.5) is 0 Å². The Balaban J connectivity index is -0.000000283. The first-order valence-electron chi connectivity index (χ1n) is 8.11. The molecule has 0 bridgehead atoms. The molecule has 2 aromatic carbocycles. The summed E-state index contributed by atoms with van der Waals surface area (Å²) in [5, 5.41) is 0. The number of rotatable bonds is 2. The molecule has 0 radical (unpaired) electrons. The first-order valence-corrected chi connectivity index (χ1v) is 14.3. The van der Waals surface area contributed by atoms with Gasteiger partial charge in [-0.2, -0.15) is 46.5 Å². The molecule has 2 rings (SSSR count). The molecule has 0 saturated carbocycles. The van der Waals surface area contributed by atoms with Crippen LogP contribution in [-0.4, -0.2) is 5.43 Å². The Hall–Kier alpha value is 0.380. The molecule has 0 nitrogen and oxygen atoms in total. The maximum atomic E-state index is 2.31. The van der Waals surface area contributed by atoms with E-state index in [4.69, 9.17) is 0 Å². The van der Waals surface area contributed by atoms with Crippen LogP contribution < -0.4 is 24.8 Å². The number of hydrogen-bond donors (Lipinski definition) is 0. The quantitative estimate of drug-likeness (QED) is 0.450. The van der Waals surface area contributed by atoms with Crippen molar-refractivity contribution in [3.8, 4) is 0 Å². The van der Waals surface area contributed by atoms with Crippen LogP contribution in [-0.2, 0) is 23.3 Å². The van der Waals surface area contributed by atoms with E-state index in [1.807, 2.05) is 0 Å². The van der Waals surface area contributed by atoms with E-state index in [1.165, 1.54) is 22.3 Å². The zero-order valence-electron chi connectivity index (χ0n) is 16.4. The van der Waals surface area contributed by atoms with Crippen molar-refractivity contribution in [1.29, 1.82) is 0 Å². The molecule has 0 aromatic heterocycles. The van der Waals surface area contributed by atoms with Crippen LogP contribution in [0, 0.1) is 13.8 Å². The summed E-state index contributed by atoms with van der Waals surface area (Å²) in [7, 11) is 0. The van der Waals surface area contributed by atoms with Crippen molar-refractivity contribution in [3.05, 3.63) is 58.7 Å². The number of aryl methyl sites for hydroxylation is 2. The van der Waals surface area contributed by atoms with Crippen LogP contribution in [0.1, 0.15) is 61.8 Å². The van der Waals surface area contributed by atoms with E-state index in [1.54, 1.807) is 23.3 Å². The van der Waals surface area contributed by atoms with Crippen LogP contribution in [0.5, 0.6) is 0 Å². The molecule has 2 aromatic rings. The van der Waals surface area contributed by atoms with E-state index < -0.39 is 0 Å². The van der Waals surface area contributed by atoms with Gasteiger partial charge in [0.25, 0.3) is 0 Å². The van der Waals surface area contributed by atoms with Crippen molar-refractivity contribution in [2.45, 2.75) is 66.5 Å². The molecule has 0 aliphatic heterocycles. The average Bonchev–Trinajstić information content (AvgIpc) is 2.98. The Bertz CT molecular complexity index is 505. The van der Waals surface area contributed by atoms with Gasteiger partial charge in [0.2, 0.25) is 0 Å². The molecule has 0 fully saturated rings. The third-order valence-electron chi connectivity index (χ3n) is 3.20. The predicted molar refractivity (Wildman–Crippen MR) is 99.2 cm³/mol. The fourth-order valence-corrected chi connectivity index (χ4v) is 1.89. The van der Waals surface area contributed by atoms with E-state index >= 15 is 0 Å². The Morgan fingerprint density at radius 3 is 1.12 bits per heavy atom. The number of hydrogen-bond acceptors (Lipinski definition) is 0. The third-order valence-corrected chi connectivity index (χ3v) is 3.20. The van der Waals surface area contributed by atoms with E-state index in [0.717, 1.165) is 0 Å². The fraction of sp³-hybridized carbons (Fsp3) is 0.500. The second-order valence-electron chi connectivity index (χ2n) is 6.75. The molecule has 136 valence electrons. The maximum absolute atomic E-state index is 2.31. The van der Waals surface area contributed by atoms with Crippen molar-refractivity contribution in [1.82, 2.24) is 0 Å². The molecule has 0 atom stereocenters. The normalized spacial score (nSPS) is 9.17. The van der Waals surface area contributed by atoms with Gasteiger partial charge in [0.15, 0.2) is 0 Å². The number of halogens is 2. The zero-order valence-corrected chi connectivity index (χ0v) is 21.3. The molecule has 0 aliphatic rings. The van der Waals surface area contributed by atoms with Gasteiger partial charge in [-0.25, -0.2) is 12.1 Å². The summed E-state index contributed by atoms with van der Waals surface area (Å²) < 4.78 is 0. The van der Waals surface area contributed by atoms with Gasteiger partial charge in [-0.05, 0) is 0 Å². The van der Waals surface area contributed by atoms with Gasteiger partial charge in [0.05, 0.1) is 0 Å². The minimum absolute atomic E-state index is 0. The molecule has 24 heavy (non-hydrogen) atoms. The molecular weight excluding hydrogens is 430 g/mol. The molecule has 0 N–H and O–H groups in total. The summed E-state index contributed by atoms with van der Waals surface area (Å²) in [4.78, 5) is 0. The van der Waals surface area contributed by atoms with Gasteiger partial charge < -0.3 is 24.8 Å². The largest absolute Gasteiger partial charge is 1.00 e. The average molecular weight is 463 g/mol. The molecular formula is C20H32Cl2SiZr-2. The van der Waals surface area contributed by atoms with E-state index in [9.17, 15) is 0 Å². The SMILES string of the molecule is C[Si](C)=[Zr+2].Cc1cc(C(C)C)c[cH-]1.Cc1cc(C(C)C)c[cH-]1.[Cl-].[Cl-]. The molecule has 0 amide bonds. The van der Waals surface area contributed by atoms with Crippen LogP contribution in [0.25, 0.3) is 0 Å². The maximum Gasteiger partial charge on any atom is -0.0635 e. The summed E-state index contributed by atoms with van der Waals surface area (Å²) >= 11 is 1.74. The van der Waals surface area contributed by atoms with Crippen molar-refractivity contribution in [3.63, 3.8) is 0 Å². The van der Waals surface area contributed by atoms with Crippen molar-refractivity contribution >= 4 is 5.43 Å². The second-order valence-corrected chi connectivity index (χ2v) is 16.1. The first-order chi connectivity index (χ1) is 10.1. The van der Waals surface area contributed by atoms with Crippen molar-refractivity contribution < 1.29 is 48.1 Å². The molecule has 0 unspecified atom stereocenters. The Kier molecular flexibility index (Phi) is 19.0. The van der Waals surface area contributed by atoms with Gasteiger partial charge >= 0.3 is 41.9 Å². The predicted octanol–water partition coefficient (Wildman–Crippen LogP) is 0.467. The van der Waals surface area contributed by atoms with Crippen molar-refractivity contribution in [2.75, 3.05) is 0 Å². The topological polar surface area (TPSA) is 0 Å². The third kappa shape index (κ3) is 14.7. The van der Waals surface area contributed by atoms with Crippen LogP contribution in [0.2, 0.25) is 13.1 Å². The molecule has 0 heterocycles. The molecule has 0 saturated heterocycles. The molecule has 0 aliphatic carbocycles. The fourth-order valence-electron chi connectivity index (χ4n) is 1.89. The van der Waals surface area contributed by atoms with E-state index in [-0.39, 0.29) is 30.2 Å². The summed E-state index contributed by atoms with van der Waals surface area (Å²) in [5.41, 5.74) is 5.86. The summed E-state index contributed by atoms with van der Waals surface area (Å²) in [6.45, 7) is 17.7. The minimum atomic E-state index is 0. The summed E-state index contributed by atoms with van der Waals surface area (Å²) in [6, 6.07) is 13.2. The smallest absolute Gasteiger partial charge is 0.0635 e. The molecule has 4 heteroatoms. The Labute approximate surface area is 177 Å². The minimum Gasteiger partial charge on any atom is -1.00 e. The van der Waals surface area contributed by atoms with E-state index in [0.29, 0.717) is 11.8 Å². The monoisotopic (exact) mass is 460 g/mol. The first kappa shape index (κ1) is 29.2. The summed E-state index contributed by atoms with van der Waals surface area (Å²) in [6.07, 6.45) is 0. The van der Waals surface area contributed by atoms with Gasteiger partial charge in [-0.1, -0.05) is 53.4 Å². The van der Waals surface area contributed by atoms with Crippen LogP contribution >= 0.6 is 0 Å². The van der Waals surface area contributed by atoms with Crippen molar-refractivity contribution in [2.24, 2.45) is 0 Å². The standard InChI is InChI=1S/2C9H13.C2H6Si.2ClH.Zr/c2*1-7(2)9-5-4-8(3)6-9;1-3-2;;;/h2*4-7H,1-3H3;1-2H3;2*1H;/q2*-1;;;;+2/p-2. The van der Waals surface area contributed by atoms with Crippen LogP contribution in [0.15, 0.2) is 36.4 Å². The zero-order chi connectivity index (χ0) is 17.3. The van der Waals surface area contributed by atoms with Gasteiger partial charge in [0.1, 0.15) is 0 Å². The Morgan fingerprint density at radius 1 is 0.792 bits per heavy atom. The molecule has 0 spiro atoms. The van der Waals surface area contributed by atoms with Gasteiger partial charge in [0, 0.05) is 0 Å². The van der Waals surface area contributed by atoms with Gasteiger partial charge in [-0.3, -0.25) is 0 Å². The van der Waals surface area contributed by atoms with Crippen LogP contribution in [0.3, 0.4) is 0 Å². The van der Waals surface area contributed by atoms with E-state index in [2.05, 4.69) is 91.0 Å². The summed E-state index contributed by atoms with van der Waals surface area (Å²) in [5.74, 6) is 1.36. The second kappa shape index (κ2) is 15.6. The van der Waals surface area contributed by atoms with Gasteiger partial charge in [-0.15, -0.1) is 0 Å².